The number of rotatable bonds is 3. The summed E-state index contributed by atoms with van der Waals surface area (Å²) in [6.45, 7) is 0.673. The van der Waals surface area contributed by atoms with Crippen LogP contribution in [0.1, 0.15) is 5.56 Å². The van der Waals surface area contributed by atoms with Crippen LogP contribution in [0.3, 0.4) is 0 Å². The number of carbonyl (C=O) groups is 1. The SMILES string of the molecule is CN(Cc1csc(Br)c1)C(=O)CBr. The van der Waals surface area contributed by atoms with Crippen LogP contribution < -0.4 is 0 Å². The van der Waals surface area contributed by atoms with Gasteiger partial charge in [0.05, 0.1) is 9.12 Å². The highest BCUT2D eigenvalue weighted by Crippen LogP contribution is 2.21. The molecule has 13 heavy (non-hydrogen) atoms. The Morgan fingerprint density at radius 2 is 2.38 bits per heavy atom. The first-order valence-corrected chi connectivity index (χ1v) is 6.45. The van der Waals surface area contributed by atoms with Crippen LogP contribution in [0, 0.1) is 0 Å². The van der Waals surface area contributed by atoms with Gasteiger partial charge in [0.15, 0.2) is 0 Å². The van der Waals surface area contributed by atoms with E-state index in [0.29, 0.717) is 11.9 Å². The molecule has 0 N–H and O–H groups in total. The molecular formula is C8H9Br2NOS. The number of alkyl halides is 1. The Balaban J connectivity index is 2.54. The van der Waals surface area contributed by atoms with Gasteiger partial charge in [0.2, 0.25) is 5.91 Å². The monoisotopic (exact) mass is 325 g/mol. The molecule has 5 heteroatoms. The van der Waals surface area contributed by atoms with Gasteiger partial charge in [-0.15, -0.1) is 11.3 Å². The topological polar surface area (TPSA) is 20.3 Å². The minimum Gasteiger partial charge on any atom is -0.341 e. The lowest BCUT2D eigenvalue weighted by Crippen LogP contribution is -2.26. The second-order valence-electron chi connectivity index (χ2n) is 2.64. The molecule has 1 aromatic heterocycles. The number of amides is 1. The Kier molecular flexibility index (Phi) is 4.41. The predicted octanol–water partition coefficient (Wildman–Crippen LogP) is 2.86. The van der Waals surface area contributed by atoms with Crippen molar-refractivity contribution in [3.63, 3.8) is 0 Å². The lowest BCUT2D eigenvalue weighted by molar-refractivity contribution is -0.127. The molecule has 0 aliphatic carbocycles. The van der Waals surface area contributed by atoms with Crippen molar-refractivity contribution in [1.29, 1.82) is 0 Å². The van der Waals surface area contributed by atoms with Gasteiger partial charge in [0.25, 0.3) is 0 Å². The van der Waals surface area contributed by atoms with Crippen molar-refractivity contribution < 1.29 is 4.79 Å². The van der Waals surface area contributed by atoms with Crippen LogP contribution in [0.4, 0.5) is 0 Å². The molecule has 0 atom stereocenters. The van der Waals surface area contributed by atoms with E-state index in [-0.39, 0.29) is 5.91 Å². The normalized spacial score (nSPS) is 10.1. The Hall–Kier alpha value is 0.130. The van der Waals surface area contributed by atoms with Gasteiger partial charge in [-0.1, -0.05) is 15.9 Å². The number of carbonyl (C=O) groups excluding carboxylic acids is 1. The summed E-state index contributed by atoms with van der Waals surface area (Å²) in [5.74, 6) is 0.0994. The molecule has 0 bridgehead atoms. The standard InChI is InChI=1S/C8H9Br2NOS/c1-11(8(12)3-9)4-6-2-7(10)13-5-6/h2,5H,3-4H2,1H3. The van der Waals surface area contributed by atoms with E-state index in [9.17, 15) is 4.79 Å². The van der Waals surface area contributed by atoms with Gasteiger partial charge in [0.1, 0.15) is 0 Å². The Morgan fingerprint density at radius 3 is 2.85 bits per heavy atom. The molecule has 1 amide bonds. The van der Waals surface area contributed by atoms with Gasteiger partial charge in [-0.3, -0.25) is 4.79 Å². The van der Waals surface area contributed by atoms with E-state index in [1.54, 1.807) is 23.3 Å². The fourth-order valence-electron chi connectivity index (χ4n) is 0.893. The number of halogens is 2. The number of nitrogens with zero attached hydrogens (tertiary/aromatic N) is 1. The van der Waals surface area contributed by atoms with E-state index in [1.165, 1.54) is 0 Å². The average Bonchev–Trinajstić information content (AvgIpc) is 2.49. The van der Waals surface area contributed by atoms with E-state index in [1.807, 2.05) is 11.4 Å². The highest BCUT2D eigenvalue weighted by atomic mass is 79.9. The summed E-state index contributed by atoms with van der Waals surface area (Å²) in [5, 5.41) is 2.43. The summed E-state index contributed by atoms with van der Waals surface area (Å²) in [5.41, 5.74) is 1.16. The second-order valence-corrected chi connectivity index (χ2v) is 5.49. The molecule has 1 heterocycles. The quantitative estimate of drug-likeness (QED) is 0.782. The van der Waals surface area contributed by atoms with Crippen molar-refractivity contribution in [1.82, 2.24) is 4.90 Å². The van der Waals surface area contributed by atoms with Gasteiger partial charge >= 0.3 is 0 Å². The van der Waals surface area contributed by atoms with Gasteiger partial charge in [-0.2, -0.15) is 0 Å². The molecule has 0 saturated carbocycles. The molecule has 0 aliphatic rings. The van der Waals surface area contributed by atoms with Crippen molar-refractivity contribution >= 4 is 49.1 Å². The molecule has 0 aromatic carbocycles. The van der Waals surface area contributed by atoms with E-state index < -0.39 is 0 Å². The molecule has 0 unspecified atom stereocenters. The van der Waals surface area contributed by atoms with Gasteiger partial charge in [-0.25, -0.2) is 0 Å². The van der Waals surface area contributed by atoms with Crippen LogP contribution in [0.5, 0.6) is 0 Å². The highest BCUT2D eigenvalue weighted by molar-refractivity contribution is 9.11. The van der Waals surface area contributed by atoms with E-state index in [2.05, 4.69) is 31.9 Å². The third-order valence-electron chi connectivity index (χ3n) is 1.58. The van der Waals surface area contributed by atoms with Crippen LogP contribution >= 0.6 is 43.2 Å². The summed E-state index contributed by atoms with van der Waals surface area (Å²) in [4.78, 5) is 12.9. The predicted molar refractivity (Wildman–Crippen MR) is 62.3 cm³/mol. The Labute approximate surface area is 98.2 Å². The fourth-order valence-corrected chi connectivity index (χ4v) is 2.52. The Morgan fingerprint density at radius 1 is 1.69 bits per heavy atom. The zero-order chi connectivity index (χ0) is 9.84. The van der Waals surface area contributed by atoms with E-state index in [4.69, 9.17) is 0 Å². The smallest absolute Gasteiger partial charge is 0.233 e. The minimum absolute atomic E-state index is 0.0994. The zero-order valence-corrected chi connectivity index (χ0v) is 11.1. The van der Waals surface area contributed by atoms with Crippen LogP contribution in [-0.2, 0) is 11.3 Å². The second kappa shape index (κ2) is 5.12. The van der Waals surface area contributed by atoms with Crippen molar-refractivity contribution in [2.45, 2.75) is 6.54 Å². The molecule has 72 valence electrons. The summed E-state index contributed by atoms with van der Waals surface area (Å²) >= 11 is 8.15. The van der Waals surface area contributed by atoms with Crippen LogP contribution in [0.2, 0.25) is 0 Å². The maximum Gasteiger partial charge on any atom is 0.233 e. The lowest BCUT2D eigenvalue weighted by Gasteiger charge is -2.14. The van der Waals surface area contributed by atoms with Crippen LogP contribution in [-0.4, -0.2) is 23.2 Å². The van der Waals surface area contributed by atoms with Gasteiger partial charge in [-0.05, 0) is 32.9 Å². The van der Waals surface area contributed by atoms with E-state index >= 15 is 0 Å². The van der Waals surface area contributed by atoms with Crippen molar-refractivity contribution in [2.75, 3.05) is 12.4 Å². The van der Waals surface area contributed by atoms with Gasteiger partial charge < -0.3 is 4.90 Å². The molecule has 0 aliphatic heterocycles. The number of hydrogen-bond acceptors (Lipinski definition) is 2. The molecule has 0 fully saturated rings. The summed E-state index contributed by atoms with van der Waals surface area (Å²) in [6.07, 6.45) is 0. The first-order chi connectivity index (χ1) is 6.13. The third kappa shape index (κ3) is 3.40. The maximum absolute atomic E-state index is 11.2. The molecule has 1 rings (SSSR count). The van der Waals surface area contributed by atoms with Crippen molar-refractivity contribution in [2.24, 2.45) is 0 Å². The average molecular weight is 327 g/mol. The lowest BCUT2D eigenvalue weighted by atomic mass is 10.3. The first kappa shape index (κ1) is 11.2. The summed E-state index contributed by atoms with van der Waals surface area (Å²) < 4.78 is 1.10. The molecule has 2 nitrogen and oxygen atoms in total. The highest BCUT2D eigenvalue weighted by Gasteiger charge is 2.07. The number of hydrogen-bond donors (Lipinski definition) is 0. The van der Waals surface area contributed by atoms with Crippen LogP contribution in [0.15, 0.2) is 15.2 Å². The molecular weight excluding hydrogens is 318 g/mol. The van der Waals surface area contributed by atoms with Crippen LogP contribution in [0.25, 0.3) is 0 Å². The molecule has 1 aromatic rings. The molecule has 0 saturated heterocycles. The first-order valence-electron chi connectivity index (χ1n) is 3.66. The van der Waals surface area contributed by atoms with Gasteiger partial charge in [0, 0.05) is 13.6 Å². The third-order valence-corrected chi connectivity index (χ3v) is 3.61. The molecule has 0 spiro atoms. The summed E-state index contributed by atoms with van der Waals surface area (Å²) in [6, 6.07) is 2.03. The molecule has 0 radical (unpaired) electrons. The Bertz CT molecular complexity index is 300. The van der Waals surface area contributed by atoms with E-state index in [0.717, 1.165) is 9.35 Å². The largest absolute Gasteiger partial charge is 0.341 e. The summed E-state index contributed by atoms with van der Waals surface area (Å²) in [7, 11) is 1.80. The van der Waals surface area contributed by atoms with Crippen molar-refractivity contribution in [3.05, 3.63) is 20.8 Å². The number of thiophene rings is 1. The fraction of sp³-hybridized carbons (Fsp3) is 0.375. The van der Waals surface area contributed by atoms with Crippen molar-refractivity contribution in [3.8, 4) is 0 Å². The zero-order valence-electron chi connectivity index (χ0n) is 7.09. The minimum atomic E-state index is 0.0994. The maximum atomic E-state index is 11.2.